The molecule has 1 aliphatic rings. The largest absolute Gasteiger partial charge is 0.573 e. The van der Waals surface area contributed by atoms with Gasteiger partial charge in [0.1, 0.15) is 5.75 Å². The van der Waals surface area contributed by atoms with Gasteiger partial charge in [0.25, 0.3) is 0 Å². The van der Waals surface area contributed by atoms with Gasteiger partial charge in [-0.15, -0.1) is 25.6 Å². The number of alkyl halides is 3. The van der Waals surface area contributed by atoms with Crippen LogP contribution in [-0.4, -0.2) is 19.5 Å². The molecule has 0 bridgehead atoms. The van der Waals surface area contributed by atoms with Gasteiger partial charge in [-0.3, -0.25) is 0 Å². The van der Waals surface area contributed by atoms with Crippen molar-refractivity contribution in [2.24, 2.45) is 5.92 Å². The first-order chi connectivity index (χ1) is 8.46. The van der Waals surface area contributed by atoms with E-state index in [2.05, 4.69) is 17.0 Å². The van der Waals surface area contributed by atoms with Gasteiger partial charge in [0.15, 0.2) is 0 Å². The molecule has 0 aromatic heterocycles. The first-order valence-electron chi connectivity index (χ1n) is 6.02. The molecule has 1 aromatic rings. The van der Waals surface area contributed by atoms with E-state index in [1.165, 1.54) is 12.1 Å². The highest BCUT2D eigenvalue weighted by Crippen LogP contribution is 2.31. The highest BCUT2D eigenvalue weighted by Gasteiger charge is 2.31. The van der Waals surface area contributed by atoms with E-state index >= 15 is 0 Å². The van der Waals surface area contributed by atoms with Crippen molar-refractivity contribution in [1.29, 1.82) is 0 Å². The maximum atomic E-state index is 12.0. The van der Waals surface area contributed by atoms with Crippen LogP contribution in [0.2, 0.25) is 0 Å². The van der Waals surface area contributed by atoms with E-state index < -0.39 is 6.36 Å². The Morgan fingerprint density at radius 2 is 1.84 bits per heavy atom. The summed E-state index contributed by atoms with van der Waals surface area (Å²) >= 11 is 0. The van der Waals surface area contributed by atoms with Gasteiger partial charge in [-0.05, 0) is 49.0 Å². The Morgan fingerprint density at radius 1 is 1.21 bits per heavy atom. The summed E-state index contributed by atoms with van der Waals surface area (Å²) in [6.45, 7) is 4.05. The van der Waals surface area contributed by atoms with Crippen LogP contribution < -0.4 is 10.1 Å². The lowest BCUT2D eigenvalue weighted by Gasteiger charge is -2.30. The third kappa shape index (κ3) is 4.58. The fourth-order valence-electron chi connectivity index (χ4n) is 2.43. The maximum Gasteiger partial charge on any atom is 0.573 e. The van der Waals surface area contributed by atoms with Crippen molar-refractivity contribution in [2.45, 2.75) is 25.6 Å². The summed E-state index contributed by atoms with van der Waals surface area (Å²) < 4.78 is 39.9. The zero-order valence-corrected chi connectivity index (χ0v) is 11.4. The molecule has 2 atom stereocenters. The van der Waals surface area contributed by atoms with Crippen LogP contribution in [0.5, 0.6) is 5.75 Å². The Labute approximate surface area is 116 Å². The average Bonchev–Trinajstić information content (AvgIpc) is 2.29. The molecule has 1 fully saturated rings. The normalized spacial score (nSPS) is 23.6. The second kappa shape index (κ2) is 6.48. The number of hydrogen-bond donors (Lipinski definition) is 1. The zero-order valence-electron chi connectivity index (χ0n) is 10.5. The molecule has 1 aliphatic heterocycles. The van der Waals surface area contributed by atoms with Crippen LogP contribution in [0.1, 0.15) is 24.8 Å². The SMILES string of the molecule is C[C@@H]1CNCC[C@@H]1c1ccc(OC(F)(F)F)cc1.Cl. The highest BCUT2D eigenvalue weighted by atomic mass is 35.5. The van der Waals surface area contributed by atoms with Crippen LogP contribution in [0.25, 0.3) is 0 Å². The van der Waals surface area contributed by atoms with Gasteiger partial charge in [0, 0.05) is 0 Å². The van der Waals surface area contributed by atoms with Gasteiger partial charge in [-0.25, -0.2) is 0 Å². The third-order valence-electron chi connectivity index (χ3n) is 3.33. The summed E-state index contributed by atoms with van der Waals surface area (Å²) in [6.07, 6.45) is -3.61. The van der Waals surface area contributed by atoms with Crippen molar-refractivity contribution < 1.29 is 17.9 Å². The second-order valence-corrected chi connectivity index (χ2v) is 4.69. The number of halogens is 4. The predicted molar refractivity (Wildman–Crippen MR) is 69.8 cm³/mol. The van der Waals surface area contributed by atoms with Gasteiger partial charge in [-0.2, -0.15) is 0 Å². The summed E-state index contributed by atoms with van der Waals surface area (Å²) in [4.78, 5) is 0. The smallest absolute Gasteiger partial charge is 0.406 e. The number of benzene rings is 1. The van der Waals surface area contributed by atoms with E-state index in [0.717, 1.165) is 25.1 Å². The van der Waals surface area contributed by atoms with Crippen molar-refractivity contribution in [3.05, 3.63) is 29.8 Å². The van der Waals surface area contributed by atoms with E-state index in [9.17, 15) is 13.2 Å². The van der Waals surface area contributed by atoms with E-state index in [4.69, 9.17) is 0 Å². The van der Waals surface area contributed by atoms with E-state index in [-0.39, 0.29) is 18.2 Å². The molecule has 19 heavy (non-hydrogen) atoms. The summed E-state index contributed by atoms with van der Waals surface area (Å²) in [7, 11) is 0. The molecule has 0 radical (unpaired) electrons. The maximum absolute atomic E-state index is 12.0. The minimum absolute atomic E-state index is 0. The third-order valence-corrected chi connectivity index (χ3v) is 3.33. The Balaban J connectivity index is 0.00000180. The molecule has 1 N–H and O–H groups in total. The standard InChI is InChI=1S/C13H16F3NO.ClH/c1-9-8-17-7-6-12(9)10-2-4-11(5-3-10)18-13(14,15)16;/h2-5,9,12,17H,6-8H2,1H3;1H/t9-,12+;/m1./s1. The van der Waals surface area contributed by atoms with Crippen molar-refractivity contribution in [1.82, 2.24) is 5.32 Å². The molecule has 0 unspecified atom stereocenters. The minimum Gasteiger partial charge on any atom is -0.406 e. The van der Waals surface area contributed by atoms with Crippen molar-refractivity contribution in [3.63, 3.8) is 0 Å². The van der Waals surface area contributed by atoms with Crippen LogP contribution in [-0.2, 0) is 0 Å². The minimum atomic E-state index is -4.62. The van der Waals surface area contributed by atoms with E-state index in [1.807, 2.05) is 0 Å². The summed E-state index contributed by atoms with van der Waals surface area (Å²) in [6, 6.07) is 6.23. The molecule has 2 nitrogen and oxygen atoms in total. The molecule has 2 rings (SSSR count). The van der Waals surface area contributed by atoms with Crippen LogP contribution in [0, 0.1) is 5.92 Å². The molecule has 1 aromatic carbocycles. The average molecular weight is 296 g/mol. The Morgan fingerprint density at radius 3 is 2.37 bits per heavy atom. The van der Waals surface area contributed by atoms with E-state index in [1.54, 1.807) is 12.1 Å². The fraction of sp³-hybridized carbons (Fsp3) is 0.538. The highest BCUT2D eigenvalue weighted by molar-refractivity contribution is 5.85. The summed E-state index contributed by atoms with van der Waals surface area (Å²) in [5.74, 6) is 0.743. The lowest BCUT2D eigenvalue weighted by molar-refractivity contribution is -0.274. The summed E-state index contributed by atoms with van der Waals surface area (Å²) in [5, 5.41) is 3.30. The molecular formula is C13H17ClF3NO. The first kappa shape index (κ1) is 16.1. The number of ether oxygens (including phenoxy) is 1. The summed E-state index contributed by atoms with van der Waals surface area (Å²) in [5.41, 5.74) is 1.08. The number of hydrogen-bond acceptors (Lipinski definition) is 2. The molecule has 0 amide bonds. The van der Waals surface area contributed by atoms with Gasteiger partial charge in [0.05, 0.1) is 0 Å². The molecule has 1 saturated heterocycles. The quantitative estimate of drug-likeness (QED) is 0.898. The molecule has 0 saturated carbocycles. The fourth-order valence-corrected chi connectivity index (χ4v) is 2.43. The van der Waals surface area contributed by atoms with Crippen LogP contribution in [0.15, 0.2) is 24.3 Å². The van der Waals surface area contributed by atoms with Crippen LogP contribution in [0.4, 0.5) is 13.2 Å². The van der Waals surface area contributed by atoms with Gasteiger partial charge in [-0.1, -0.05) is 19.1 Å². The van der Waals surface area contributed by atoms with Gasteiger partial charge < -0.3 is 10.1 Å². The second-order valence-electron chi connectivity index (χ2n) is 4.69. The zero-order chi connectivity index (χ0) is 13.2. The van der Waals surface area contributed by atoms with Crippen LogP contribution in [0.3, 0.4) is 0 Å². The predicted octanol–water partition coefficient (Wildman–Crippen LogP) is 3.72. The molecule has 1 heterocycles. The van der Waals surface area contributed by atoms with Crippen LogP contribution >= 0.6 is 12.4 Å². The molecule has 108 valence electrons. The molecule has 0 spiro atoms. The number of piperidine rings is 1. The Bertz CT molecular complexity index is 394. The van der Waals surface area contributed by atoms with Crippen molar-refractivity contribution >= 4 is 12.4 Å². The number of rotatable bonds is 2. The molecule has 6 heteroatoms. The molecular weight excluding hydrogens is 279 g/mol. The molecule has 0 aliphatic carbocycles. The Hall–Kier alpha value is -0.940. The van der Waals surface area contributed by atoms with Gasteiger partial charge in [0.2, 0.25) is 0 Å². The van der Waals surface area contributed by atoms with Gasteiger partial charge >= 0.3 is 6.36 Å². The van der Waals surface area contributed by atoms with Crippen molar-refractivity contribution in [3.8, 4) is 5.75 Å². The van der Waals surface area contributed by atoms with E-state index in [0.29, 0.717) is 11.8 Å². The first-order valence-corrected chi connectivity index (χ1v) is 6.02. The lowest BCUT2D eigenvalue weighted by Crippen LogP contribution is -2.33. The monoisotopic (exact) mass is 295 g/mol. The number of nitrogens with one attached hydrogen (secondary N) is 1. The lowest BCUT2D eigenvalue weighted by atomic mass is 9.82. The Kier molecular flexibility index (Phi) is 5.50. The van der Waals surface area contributed by atoms with Crippen molar-refractivity contribution in [2.75, 3.05) is 13.1 Å². The topological polar surface area (TPSA) is 21.3 Å².